The van der Waals surface area contributed by atoms with Crippen LogP contribution in [0.5, 0.6) is 0 Å². The lowest BCUT2D eigenvalue weighted by Crippen LogP contribution is -2.29. The Balaban J connectivity index is 2.11. The van der Waals surface area contributed by atoms with E-state index in [2.05, 4.69) is 20.1 Å². The molecule has 0 aromatic heterocycles. The fourth-order valence-electron chi connectivity index (χ4n) is 1.79. The minimum Gasteiger partial charge on any atom is -0.374 e. The van der Waals surface area contributed by atoms with Gasteiger partial charge in [0.2, 0.25) is 0 Å². The molecule has 2 fully saturated rings. The monoisotopic (exact) mass is 196 g/mol. The summed E-state index contributed by atoms with van der Waals surface area (Å²) >= 11 is 0. The first-order chi connectivity index (χ1) is 6.86. The second-order valence-corrected chi connectivity index (χ2v) is 3.14. The second-order valence-electron chi connectivity index (χ2n) is 3.14. The summed E-state index contributed by atoms with van der Waals surface area (Å²) in [6, 6.07) is -0.604. The molecule has 0 unspecified atom stereocenters. The maximum atomic E-state index is 8.28. The molecule has 0 aromatic rings. The van der Waals surface area contributed by atoms with Gasteiger partial charge in [0.25, 0.3) is 0 Å². The Morgan fingerprint density at radius 1 is 0.929 bits per heavy atom. The number of hydrogen-bond donors (Lipinski definition) is 0. The van der Waals surface area contributed by atoms with Gasteiger partial charge in [0.1, 0.15) is 0 Å². The first-order valence-electron chi connectivity index (χ1n) is 4.18. The standard InChI is InChI=1S/C6H8N6O2/c7-11-9-3-1-13-6-4(10-12-8)2-14-5(3)6/h3-6H,1-2H2/t3-,4-,5+,6+/m0/s1. The van der Waals surface area contributed by atoms with Crippen molar-refractivity contribution >= 4 is 0 Å². The molecule has 0 amide bonds. The third-order valence-corrected chi connectivity index (χ3v) is 2.40. The summed E-state index contributed by atoms with van der Waals surface area (Å²) in [5, 5.41) is 7.11. The molecule has 2 aliphatic heterocycles. The van der Waals surface area contributed by atoms with Crippen molar-refractivity contribution < 1.29 is 9.47 Å². The van der Waals surface area contributed by atoms with Gasteiger partial charge in [-0.1, -0.05) is 10.2 Å². The lowest BCUT2D eigenvalue weighted by molar-refractivity contribution is 0.0692. The summed E-state index contributed by atoms with van der Waals surface area (Å²) in [6.45, 7) is 0.660. The first-order valence-corrected chi connectivity index (χ1v) is 4.18. The minimum absolute atomic E-state index is 0.263. The van der Waals surface area contributed by atoms with Crippen molar-refractivity contribution in [2.45, 2.75) is 24.3 Å². The highest BCUT2D eigenvalue weighted by Crippen LogP contribution is 2.30. The van der Waals surface area contributed by atoms with Gasteiger partial charge in [-0.3, -0.25) is 0 Å². The molecule has 2 heterocycles. The maximum Gasteiger partial charge on any atom is 0.0948 e. The zero-order chi connectivity index (χ0) is 9.97. The number of fused-ring (bicyclic) bond motifs is 1. The van der Waals surface area contributed by atoms with E-state index in [1.807, 2.05) is 0 Å². The van der Waals surface area contributed by atoms with Crippen molar-refractivity contribution in [3.8, 4) is 0 Å². The Bertz CT molecular complexity index is 288. The first kappa shape index (κ1) is 9.11. The van der Waals surface area contributed by atoms with Gasteiger partial charge in [0, 0.05) is 9.82 Å². The van der Waals surface area contributed by atoms with E-state index in [-0.39, 0.29) is 24.3 Å². The molecule has 2 saturated heterocycles. The van der Waals surface area contributed by atoms with E-state index < -0.39 is 0 Å². The SMILES string of the molecule is [N-]=[N+]=N[C@H]1CO[C@H]2[C@@H]1OC[C@@H]2N=[N+]=[N-]. The summed E-state index contributed by atoms with van der Waals surface area (Å²) in [5.41, 5.74) is 16.6. The van der Waals surface area contributed by atoms with Gasteiger partial charge in [0.15, 0.2) is 0 Å². The van der Waals surface area contributed by atoms with Gasteiger partial charge >= 0.3 is 0 Å². The molecule has 8 heteroatoms. The molecule has 0 N–H and O–H groups in total. The fraction of sp³-hybridized carbons (Fsp3) is 1.00. The average Bonchev–Trinajstić information content (AvgIpc) is 2.72. The van der Waals surface area contributed by atoms with Gasteiger partial charge in [-0.15, -0.1) is 0 Å². The molecule has 0 bridgehead atoms. The molecule has 8 nitrogen and oxygen atoms in total. The summed E-state index contributed by atoms with van der Waals surface area (Å²) < 4.78 is 10.7. The van der Waals surface area contributed by atoms with Gasteiger partial charge < -0.3 is 9.47 Å². The Hall–Kier alpha value is -1.46. The molecule has 4 atom stereocenters. The van der Waals surface area contributed by atoms with Crippen molar-refractivity contribution in [1.82, 2.24) is 0 Å². The number of ether oxygens (including phenoxy) is 2. The van der Waals surface area contributed by atoms with Crippen molar-refractivity contribution in [3.05, 3.63) is 20.9 Å². The lowest BCUT2D eigenvalue weighted by atomic mass is 10.1. The second kappa shape index (κ2) is 3.73. The topological polar surface area (TPSA) is 116 Å². The molecule has 74 valence electrons. The van der Waals surface area contributed by atoms with E-state index in [0.29, 0.717) is 13.2 Å². The summed E-state index contributed by atoms with van der Waals surface area (Å²) in [4.78, 5) is 5.42. The van der Waals surface area contributed by atoms with Crippen LogP contribution in [-0.4, -0.2) is 37.5 Å². The summed E-state index contributed by atoms with van der Waals surface area (Å²) in [5.74, 6) is 0. The highest BCUT2D eigenvalue weighted by atomic mass is 16.6. The predicted molar refractivity (Wildman–Crippen MR) is 45.3 cm³/mol. The normalized spacial score (nSPS) is 39.7. The van der Waals surface area contributed by atoms with Crippen molar-refractivity contribution in [2.75, 3.05) is 13.2 Å². The van der Waals surface area contributed by atoms with Crippen LogP contribution >= 0.6 is 0 Å². The van der Waals surface area contributed by atoms with Gasteiger partial charge in [-0.25, -0.2) is 0 Å². The van der Waals surface area contributed by atoms with Crippen molar-refractivity contribution in [3.63, 3.8) is 0 Å². The number of azide groups is 2. The van der Waals surface area contributed by atoms with Crippen LogP contribution in [0.15, 0.2) is 10.2 Å². The van der Waals surface area contributed by atoms with E-state index in [4.69, 9.17) is 20.5 Å². The van der Waals surface area contributed by atoms with Crippen LogP contribution in [0.3, 0.4) is 0 Å². The van der Waals surface area contributed by atoms with Crippen molar-refractivity contribution in [2.24, 2.45) is 10.2 Å². The predicted octanol–water partition coefficient (Wildman–Crippen LogP) is 1.14. The van der Waals surface area contributed by atoms with Gasteiger partial charge in [0.05, 0.1) is 37.5 Å². The zero-order valence-electron chi connectivity index (χ0n) is 7.22. The van der Waals surface area contributed by atoms with Gasteiger partial charge in [-0.2, -0.15) is 0 Å². The molecule has 2 aliphatic rings. The van der Waals surface area contributed by atoms with E-state index in [9.17, 15) is 0 Å². The van der Waals surface area contributed by atoms with Crippen LogP contribution in [0.2, 0.25) is 0 Å². The lowest BCUT2D eigenvalue weighted by Gasteiger charge is -2.10. The Morgan fingerprint density at radius 3 is 1.71 bits per heavy atom. The minimum atomic E-state index is -0.302. The molecule has 2 rings (SSSR count). The van der Waals surface area contributed by atoms with E-state index in [1.54, 1.807) is 0 Å². The van der Waals surface area contributed by atoms with Crippen LogP contribution in [-0.2, 0) is 9.47 Å². The largest absolute Gasteiger partial charge is 0.374 e. The zero-order valence-corrected chi connectivity index (χ0v) is 7.22. The third-order valence-electron chi connectivity index (χ3n) is 2.40. The molecule has 0 aliphatic carbocycles. The molecular formula is C6H8N6O2. The maximum absolute atomic E-state index is 8.28. The third kappa shape index (κ3) is 1.36. The van der Waals surface area contributed by atoms with Crippen LogP contribution in [0.25, 0.3) is 20.9 Å². The highest BCUT2D eigenvalue weighted by Gasteiger charge is 2.46. The Kier molecular flexibility index (Phi) is 2.43. The fourth-order valence-corrected chi connectivity index (χ4v) is 1.79. The summed E-state index contributed by atoms with van der Waals surface area (Å²) in [7, 11) is 0. The number of rotatable bonds is 2. The molecule has 0 spiro atoms. The summed E-state index contributed by atoms with van der Waals surface area (Å²) in [6.07, 6.45) is -0.525. The smallest absolute Gasteiger partial charge is 0.0948 e. The van der Waals surface area contributed by atoms with Crippen LogP contribution < -0.4 is 0 Å². The molecule has 0 radical (unpaired) electrons. The molecular weight excluding hydrogens is 188 g/mol. The Labute approximate surface area is 79.0 Å². The molecule has 0 saturated carbocycles. The van der Waals surface area contributed by atoms with Crippen LogP contribution in [0.1, 0.15) is 0 Å². The number of hydrogen-bond acceptors (Lipinski definition) is 4. The van der Waals surface area contributed by atoms with Gasteiger partial charge in [-0.05, 0) is 11.1 Å². The molecule has 0 aromatic carbocycles. The van der Waals surface area contributed by atoms with E-state index in [0.717, 1.165) is 0 Å². The highest BCUT2D eigenvalue weighted by molar-refractivity contribution is 5.00. The van der Waals surface area contributed by atoms with Crippen molar-refractivity contribution in [1.29, 1.82) is 0 Å². The number of nitrogens with zero attached hydrogens (tertiary/aromatic N) is 6. The van der Waals surface area contributed by atoms with Crippen LogP contribution in [0, 0.1) is 0 Å². The molecule has 14 heavy (non-hydrogen) atoms. The van der Waals surface area contributed by atoms with E-state index in [1.165, 1.54) is 0 Å². The quantitative estimate of drug-likeness (QED) is 0.374. The van der Waals surface area contributed by atoms with E-state index >= 15 is 0 Å². The van der Waals surface area contributed by atoms with Crippen LogP contribution in [0.4, 0.5) is 0 Å². The average molecular weight is 196 g/mol. The Morgan fingerprint density at radius 2 is 1.36 bits per heavy atom.